The highest BCUT2D eigenvalue weighted by Crippen LogP contribution is 2.21. The smallest absolute Gasteiger partial charge is 0.332 e. The van der Waals surface area contributed by atoms with Crippen LogP contribution in [0.3, 0.4) is 0 Å². The quantitative estimate of drug-likeness (QED) is 0.785. The second-order valence-electron chi connectivity index (χ2n) is 3.73. The van der Waals surface area contributed by atoms with E-state index in [2.05, 4.69) is 15.3 Å². The molecule has 1 aliphatic rings. The van der Waals surface area contributed by atoms with Crippen molar-refractivity contribution in [3.05, 3.63) is 17.5 Å². The zero-order valence-corrected chi connectivity index (χ0v) is 9.92. The third kappa shape index (κ3) is 2.93. The molecule has 2 N–H and O–H groups in total. The third-order valence-corrected chi connectivity index (χ3v) is 2.65. The van der Waals surface area contributed by atoms with Crippen LogP contribution in [0.15, 0.2) is 12.3 Å². The minimum Gasteiger partial charge on any atom is -0.479 e. The first-order valence-electron chi connectivity index (χ1n) is 5.24. The van der Waals surface area contributed by atoms with E-state index < -0.39 is 24.1 Å². The van der Waals surface area contributed by atoms with Crippen molar-refractivity contribution in [2.75, 3.05) is 5.32 Å². The number of carbonyl (C=O) groups excluding carboxylic acids is 1. The average molecular weight is 272 g/mol. The first-order chi connectivity index (χ1) is 8.56. The Kier molecular flexibility index (Phi) is 3.73. The molecule has 18 heavy (non-hydrogen) atoms. The molecule has 1 amide bonds. The summed E-state index contributed by atoms with van der Waals surface area (Å²) in [6.07, 6.45) is 0.384. The molecule has 2 atom stereocenters. The van der Waals surface area contributed by atoms with Crippen LogP contribution in [0.2, 0.25) is 5.28 Å². The fraction of sp³-hybridized carbons (Fsp3) is 0.400. The van der Waals surface area contributed by atoms with Crippen LogP contribution in [-0.4, -0.2) is 39.2 Å². The molecule has 1 saturated heterocycles. The minimum atomic E-state index is -1.06. The molecule has 2 heterocycles. The summed E-state index contributed by atoms with van der Waals surface area (Å²) in [5.41, 5.74) is 0. The Morgan fingerprint density at radius 3 is 2.78 bits per heavy atom. The highest BCUT2D eigenvalue weighted by atomic mass is 35.5. The first kappa shape index (κ1) is 12.7. The fourth-order valence-electron chi connectivity index (χ4n) is 1.62. The summed E-state index contributed by atoms with van der Waals surface area (Å²) < 4.78 is 5.10. The maximum Gasteiger partial charge on any atom is 0.332 e. The average Bonchev–Trinajstić information content (AvgIpc) is 2.78. The maximum absolute atomic E-state index is 11.8. The summed E-state index contributed by atoms with van der Waals surface area (Å²) in [5.74, 6) is -1.24. The van der Waals surface area contributed by atoms with Crippen LogP contribution < -0.4 is 5.32 Å². The first-order valence-corrected chi connectivity index (χ1v) is 5.62. The van der Waals surface area contributed by atoms with Crippen molar-refractivity contribution < 1.29 is 19.4 Å². The number of aromatic nitrogens is 2. The topological polar surface area (TPSA) is 101 Å². The highest BCUT2D eigenvalue weighted by molar-refractivity contribution is 6.28. The second kappa shape index (κ2) is 5.28. The lowest BCUT2D eigenvalue weighted by Crippen LogP contribution is -2.30. The molecule has 96 valence electrons. The van der Waals surface area contributed by atoms with Crippen molar-refractivity contribution in [3.8, 4) is 0 Å². The number of hydrogen-bond acceptors (Lipinski definition) is 5. The van der Waals surface area contributed by atoms with Crippen LogP contribution in [0.5, 0.6) is 0 Å². The zero-order chi connectivity index (χ0) is 13.1. The van der Waals surface area contributed by atoms with Gasteiger partial charge in [0, 0.05) is 6.20 Å². The van der Waals surface area contributed by atoms with E-state index in [9.17, 15) is 9.59 Å². The number of anilines is 1. The van der Waals surface area contributed by atoms with Gasteiger partial charge < -0.3 is 15.2 Å². The monoisotopic (exact) mass is 271 g/mol. The number of amides is 1. The molecule has 1 aromatic heterocycles. The van der Waals surface area contributed by atoms with E-state index in [0.29, 0.717) is 12.8 Å². The number of carboxylic acids is 1. The maximum atomic E-state index is 11.8. The van der Waals surface area contributed by atoms with Crippen molar-refractivity contribution in [2.45, 2.75) is 25.0 Å². The van der Waals surface area contributed by atoms with Crippen LogP contribution in [0.4, 0.5) is 5.82 Å². The predicted octanol–water partition coefficient (Wildman–Crippen LogP) is 0.701. The summed E-state index contributed by atoms with van der Waals surface area (Å²) in [6.45, 7) is 0. The summed E-state index contributed by atoms with van der Waals surface area (Å²) >= 11 is 5.57. The number of hydrogen-bond donors (Lipinski definition) is 2. The van der Waals surface area contributed by atoms with Gasteiger partial charge in [-0.25, -0.2) is 14.8 Å². The van der Waals surface area contributed by atoms with Crippen LogP contribution in [-0.2, 0) is 14.3 Å². The molecule has 1 fully saturated rings. The van der Waals surface area contributed by atoms with Gasteiger partial charge in [-0.05, 0) is 30.5 Å². The molecule has 0 radical (unpaired) electrons. The molecule has 2 rings (SSSR count). The van der Waals surface area contributed by atoms with E-state index in [0.717, 1.165) is 0 Å². The van der Waals surface area contributed by atoms with Gasteiger partial charge in [0.05, 0.1) is 0 Å². The van der Waals surface area contributed by atoms with Gasteiger partial charge in [-0.1, -0.05) is 0 Å². The Balaban J connectivity index is 1.95. The van der Waals surface area contributed by atoms with E-state index in [-0.39, 0.29) is 11.1 Å². The lowest BCUT2D eigenvalue weighted by molar-refractivity contribution is -0.150. The molecule has 1 aromatic rings. The fourth-order valence-corrected chi connectivity index (χ4v) is 1.77. The minimum absolute atomic E-state index is 0.0172. The molecular formula is C10H10ClN3O4. The van der Waals surface area contributed by atoms with Crippen LogP contribution in [0, 0.1) is 0 Å². The van der Waals surface area contributed by atoms with Gasteiger partial charge in [0.25, 0.3) is 5.91 Å². The van der Waals surface area contributed by atoms with E-state index in [1.807, 2.05) is 0 Å². The Morgan fingerprint density at radius 2 is 2.17 bits per heavy atom. The van der Waals surface area contributed by atoms with Gasteiger partial charge in [0.2, 0.25) is 5.28 Å². The van der Waals surface area contributed by atoms with Gasteiger partial charge in [0.1, 0.15) is 11.9 Å². The number of carbonyl (C=O) groups is 2. The molecule has 0 saturated carbocycles. The standard InChI is InChI=1S/C10H10ClN3O4/c11-10-12-4-3-7(14-10)13-8(15)5-1-2-6(18-5)9(16)17/h3-6H,1-2H2,(H,16,17)(H,12,13,14,15). The van der Waals surface area contributed by atoms with Crippen molar-refractivity contribution >= 4 is 29.3 Å². The number of ether oxygens (including phenoxy) is 1. The molecule has 0 aromatic carbocycles. The summed E-state index contributed by atoms with van der Waals surface area (Å²) in [5, 5.41) is 11.3. The van der Waals surface area contributed by atoms with Crippen molar-refractivity contribution in [3.63, 3.8) is 0 Å². The molecule has 7 nitrogen and oxygen atoms in total. The highest BCUT2D eigenvalue weighted by Gasteiger charge is 2.34. The molecule has 2 unspecified atom stereocenters. The lowest BCUT2D eigenvalue weighted by Gasteiger charge is -2.11. The summed E-state index contributed by atoms with van der Waals surface area (Å²) in [6, 6.07) is 1.48. The lowest BCUT2D eigenvalue weighted by atomic mass is 10.2. The van der Waals surface area contributed by atoms with Gasteiger partial charge in [0.15, 0.2) is 6.10 Å². The van der Waals surface area contributed by atoms with Crippen molar-refractivity contribution in [1.82, 2.24) is 9.97 Å². The zero-order valence-electron chi connectivity index (χ0n) is 9.17. The van der Waals surface area contributed by atoms with E-state index in [1.165, 1.54) is 12.3 Å². The van der Waals surface area contributed by atoms with Crippen LogP contribution in [0.1, 0.15) is 12.8 Å². The largest absolute Gasteiger partial charge is 0.479 e. The van der Waals surface area contributed by atoms with Crippen molar-refractivity contribution in [2.24, 2.45) is 0 Å². The predicted molar refractivity (Wildman–Crippen MR) is 61.2 cm³/mol. The molecule has 0 aliphatic carbocycles. The van der Waals surface area contributed by atoms with E-state index >= 15 is 0 Å². The van der Waals surface area contributed by atoms with Gasteiger partial charge in [-0.3, -0.25) is 4.79 Å². The summed E-state index contributed by atoms with van der Waals surface area (Å²) in [7, 11) is 0. The van der Waals surface area contributed by atoms with Crippen LogP contribution >= 0.6 is 11.6 Å². The van der Waals surface area contributed by atoms with Crippen LogP contribution in [0.25, 0.3) is 0 Å². The number of nitrogens with one attached hydrogen (secondary N) is 1. The molecule has 1 aliphatic heterocycles. The van der Waals surface area contributed by atoms with Gasteiger partial charge >= 0.3 is 5.97 Å². The summed E-state index contributed by atoms with van der Waals surface area (Å²) in [4.78, 5) is 29.9. The normalized spacial score (nSPS) is 22.7. The van der Waals surface area contributed by atoms with E-state index in [4.69, 9.17) is 21.4 Å². The second-order valence-corrected chi connectivity index (χ2v) is 4.07. The third-order valence-electron chi connectivity index (χ3n) is 2.46. The SMILES string of the molecule is O=C(O)C1CCC(C(=O)Nc2ccnc(Cl)n2)O1. The Bertz CT molecular complexity index is 482. The number of aliphatic carboxylic acids is 1. The van der Waals surface area contributed by atoms with E-state index in [1.54, 1.807) is 0 Å². The Morgan fingerprint density at radius 1 is 1.44 bits per heavy atom. The number of carboxylic acid groups (broad SMARTS) is 1. The number of halogens is 1. The van der Waals surface area contributed by atoms with Gasteiger partial charge in [-0.15, -0.1) is 0 Å². The van der Waals surface area contributed by atoms with Crippen molar-refractivity contribution in [1.29, 1.82) is 0 Å². The molecule has 8 heteroatoms. The Hall–Kier alpha value is -1.73. The number of nitrogens with zero attached hydrogens (tertiary/aromatic N) is 2. The van der Waals surface area contributed by atoms with Gasteiger partial charge in [-0.2, -0.15) is 0 Å². The molecular weight excluding hydrogens is 262 g/mol. The molecule has 0 spiro atoms. The number of rotatable bonds is 3. The Labute approximate surface area is 107 Å². The molecule has 0 bridgehead atoms.